The summed E-state index contributed by atoms with van der Waals surface area (Å²) < 4.78 is 5.99. The van der Waals surface area contributed by atoms with E-state index in [4.69, 9.17) is 4.74 Å². The smallest absolute Gasteiger partial charge is 0.119 e. The quantitative estimate of drug-likeness (QED) is 0.251. The van der Waals surface area contributed by atoms with E-state index in [1.165, 1.54) is 115 Å². The van der Waals surface area contributed by atoms with Crippen molar-refractivity contribution in [3.8, 4) is 5.75 Å². The van der Waals surface area contributed by atoms with E-state index in [2.05, 4.69) is 38.1 Å². The summed E-state index contributed by atoms with van der Waals surface area (Å²) in [6.45, 7) is 5.45. The number of hydrogen-bond acceptors (Lipinski definition) is 1. The van der Waals surface area contributed by atoms with Crippen molar-refractivity contribution in [2.45, 2.75) is 123 Å². The van der Waals surface area contributed by atoms with Gasteiger partial charge in [0.15, 0.2) is 0 Å². The first-order valence-corrected chi connectivity index (χ1v) is 13.0. The first-order chi connectivity index (χ1) is 14.3. The van der Waals surface area contributed by atoms with Gasteiger partial charge < -0.3 is 4.74 Å². The second-order valence-corrected chi connectivity index (χ2v) is 9.53. The van der Waals surface area contributed by atoms with E-state index in [1.54, 1.807) is 0 Å². The van der Waals surface area contributed by atoms with Gasteiger partial charge in [-0.05, 0) is 55.2 Å². The van der Waals surface area contributed by atoms with Crippen LogP contribution in [0.1, 0.15) is 122 Å². The first-order valence-electron chi connectivity index (χ1n) is 13.0. The molecule has 0 amide bonds. The Kier molecular flexibility index (Phi) is 13.2. The lowest BCUT2D eigenvalue weighted by molar-refractivity contribution is 0.228. The molecule has 0 aliphatic heterocycles. The Bertz CT molecular complexity index is 484. The topological polar surface area (TPSA) is 9.23 Å². The van der Waals surface area contributed by atoms with E-state index in [0.29, 0.717) is 0 Å². The van der Waals surface area contributed by atoms with Crippen LogP contribution in [0.4, 0.5) is 0 Å². The SMILES string of the molecule is CCCCCCCCC1CCC(CCCOc2ccc(CCCCC)cc2)CC1. The maximum Gasteiger partial charge on any atom is 0.119 e. The van der Waals surface area contributed by atoms with Crippen molar-refractivity contribution in [3.05, 3.63) is 29.8 Å². The van der Waals surface area contributed by atoms with Crippen LogP contribution in [0.3, 0.4) is 0 Å². The lowest BCUT2D eigenvalue weighted by Crippen LogP contribution is -2.15. The molecule has 0 N–H and O–H groups in total. The Labute approximate surface area is 182 Å². The lowest BCUT2D eigenvalue weighted by Gasteiger charge is -2.28. The van der Waals surface area contributed by atoms with Crippen molar-refractivity contribution >= 4 is 0 Å². The van der Waals surface area contributed by atoms with Crippen LogP contribution >= 0.6 is 0 Å². The van der Waals surface area contributed by atoms with E-state index >= 15 is 0 Å². The fourth-order valence-electron chi connectivity index (χ4n) is 4.92. The van der Waals surface area contributed by atoms with Crippen LogP contribution in [0.2, 0.25) is 0 Å². The third-order valence-corrected chi connectivity index (χ3v) is 6.95. The second kappa shape index (κ2) is 15.8. The molecule has 0 unspecified atom stereocenters. The third kappa shape index (κ3) is 11.1. The van der Waals surface area contributed by atoms with Gasteiger partial charge in [-0.15, -0.1) is 0 Å². The summed E-state index contributed by atoms with van der Waals surface area (Å²) >= 11 is 0. The maximum absolute atomic E-state index is 5.99. The van der Waals surface area contributed by atoms with Crippen molar-refractivity contribution in [2.75, 3.05) is 6.61 Å². The van der Waals surface area contributed by atoms with Crippen LogP contribution in [0, 0.1) is 11.8 Å². The molecular weight excluding hydrogens is 352 g/mol. The van der Waals surface area contributed by atoms with Crippen molar-refractivity contribution in [3.63, 3.8) is 0 Å². The molecule has 1 fully saturated rings. The summed E-state index contributed by atoms with van der Waals surface area (Å²) in [6, 6.07) is 8.82. The van der Waals surface area contributed by atoms with Crippen LogP contribution in [0.25, 0.3) is 0 Å². The highest BCUT2D eigenvalue weighted by atomic mass is 16.5. The highest BCUT2D eigenvalue weighted by Gasteiger charge is 2.20. The van der Waals surface area contributed by atoms with Gasteiger partial charge in [-0.25, -0.2) is 0 Å². The Morgan fingerprint density at radius 1 is 0.655 bits per heavy atom. The fourth-order valence-corrected chi connectivity index (χ4v) is 4.92. The molecule has 1 aliphatic rings. The third-order valence-electron chi connectivity index (χ3n) is 6.95. The average Bonchev–Trinajstić information content (AvgIpc) is 2.76. The molecule has 0 bridgehead atoms. The minimum absolute atomic E-state index is 0.882. The molecule has 1 heteroatoms. The van der Waals surface area contributed by atoms with Crippen LogP contribution in [0.5, 0.6) is 5.75 Å². The molecule has 1 aromatic rings. The number of ether oxygens (including phenoxy) is 1. The van der Waals surface area contributed by atoms with E-state index in [1.807, 2.05) is 0 Å². The number of aryl methyl sites for hydroxylation is 1. The van der Waals surface area contributed by atoms with Crippen LogP contribution < -0.4 is 4.74 Å². The number of rotatable bonds is 16. The molecule has 0 saturated heterocycles. The molecule has 29 heavy (non-hydrogen) atoms. The van der Waals surface area contributed by atoms with Gasteiger partial charge in [-0.1, -0.05) is 109 Å². The molecule has 1 nitrogen and oxygen atoms in total. The summed E-state index contributed by atoms with van der Waals surface area (Å²) in [4.78, 5) is 0. The van der Waals surface area contributed by atoms with Gasteiger partial charge >= 0.3 is 0 Å². The summed E-state index contributed by atoms with van der Waals surface area (Å²) in [7, 11) is 0. The molecule has 0 atom stereocenters. The molecule has 1 saturated carbocycles. The molecule has 0 radical (unpaired) electrons. The zero-order chi connectivity index (χ0) is 20.6. The highest BCUT2D eigenvalue weighted by Crippen LogP contribution is 2.34. The van der Waals surface area contributed by atoms with E-state index in [9.17, 15) is 0 Å². The van der Waals surface area contributed by atoms with Crippen LogP contribution in [0.15, 0.2) is 24.3 Å². The first kappa shape index (κ1) is 24.3. The Morgan fingerprint density at radius 3 is 1.86 bits per heavy atom. The summed E-state index contributed by atoms with van der Waals surface area (Å²) in [6.07, 6.45) is 23.8. The van der Waals surface area contributed by atoms with Crippen molar-refractivity contribution in [2.24, 2.45) is 11.8 Å². The van der Waals surface area contributed by atoms with Crippen molar-refractivity contribution in [1.29, 1.82) is 0 Å². The number of benzene rings is 1. The molecule has 0 heterocycles. The summed E-state index contributed by atoms with van der Waals surface area (Å²) in [5, 5.41) is 0. The van der Waals surface area contributed by atoms with E-state index < -0.39 is 0 Å². The largest absolute Gasteiger partial charge is 0.494 e. The van der Waals surface area contributed by atoms with E-state index in [-0.39, 0.29) is 0 Å². The normalized spacial score (nSPS) is 19.4. The summed E-state index contributed by atoms with van der Waals surface area (Å²) in [5.74, 6) is 3.04. The highest BCUT2D eigenvalue weighted by molar-refractivity contribution is 5.27. The lowest BCUT2D eigenvalue weighted by atomic mass is 9.78. The molecule has 166 valence electrons. The van der Waals surface area contributed by atoms with Gasteiger partial charge in [0.25, 0.3) is 0 Å². The van der Waals surface area contributed by atoms with Crippen molar-refractivity contribution in [1.82, 2.24) is 0 Å². The van der Waals surface area contributed by atoms with E-state index in [0.717, 1.165) is 24.2 Å². The average molecular weight is 401 g/mol. The zero-order valence-corrected chi connectivity index (χ0v) is 19.6. The molecule has 2 rings (SSSR count). The van der Waals surface area contributed by atoms with Gasteiger partial charge in [-0.3, -0.25) is 0 Å². The zero-order valence-electron chi connectivity index (χ0n) is 19.6. The van der Waals surface area contributed by atoms with Gasteiger partial charge in [-0.2, -0.15) is 0 Å². The Balaban J connectivity index is 1.47. The molecular formula is C28H48O. The number of hydrogen-bond donors (Lipinski definition) is 0. The fraction of sp³-hybridized carbons (Fsp3) is 0.786. The van der Waals surface area contributed by atoms with Crippen molar-refractivity contribution < 1.29 is 4.74 Å². The molecule has 0 spiro atoms. The van der Waals surface area contributed by atoms with Gasteiger partial charge in [0.2, 0.25) is 0 Å². The van der Waals surface area contributed by atoms with Gasteiger partial charge in [0, 0.05) is 0 Å². The van der Waals surface area contributed by atoms with Crippen LogP contribution in [-0.4, -0.2) is 6.61 Å². The standard InChI is InChI=1S/C28H48O/c1-3-5-7-8-9-11-14-25-16-18-27(19-17-25)15-12-24-29-28-22-20-26(21-23-28)13-10-6-4-2/h20-23,25,27H,3-19,24H2,1-2H3. The maximum atomic E-state index is 5.99. The molecule has 0 aromatic heterocycles. The molecule has 1 aromatic carbocycles. The van der Waals surface area contributed by atoms with Gasteiger partial charge in [0.1, 0.15) is 5.75 Å². The minimum atomic E-state index is 0.882. The minimum Gasteiger partial charge on any atom is -0.494 e. The van der Waals surface area contributed by atoms with Gasteiger partial charge in [0.05, 0.1) is 6.61 Å². The Hall–Kier alpha value is -0.980. The Morgan fingerprint density at radius 2 is 1.21 bits per heavy atom. The second-order valence-electron chi connectivity index (χ2n) is 9.53. The molecule has 1 aliphatic carbocycles. The summed E-state index contributed by atoms with van der Waals surface area (Å²) in [5.41, 5.74) is 1.45. The van der Waals surface area contributed by atoms with Crippen LogP contribution in [-0.2, 0) is 6.42 Å². The predicted molar refractivity (Wildman–Crippen MR) is 128 cm³/mol. The monoisotopic (exact) mass is 400 g/mol. The predicted octanol–water partition coefficient (Wildman–Crippen LogP) is 9.14. The number of unbranched alkanes of at least 4 members (excludes halogenated alkanes) is 7.